The molecule has 216 valence electrons. The van der Waals surface area contributed by atoms with Gasteiger partial charge in [-0.15, -0.1) is 0 Å². The van der Waals surface area contributed by atoms with Crippen molar-refractivity contribution >= 4 is 29.0 Å². The Balaban J connectivity index is 1.61. The van der Waals surface area contributed by atoms with Crippen LogP contribution in [0.15, 0.2) is 18.2 Å². The second-order valence-electron chi connectivity index (χ2n) is 12.4. The first kappa shape index (κ1) is 28.6. The minimum atomic E-state index is -2.95. The maximum absolute atomic E-state index is 14.2. The molecule has 4 aliphatic carbocycles. The summed E-state index contributed by atoms with van der Waals surface area (Å²) in [6.45, 7) is 3.62. The minimum absolute atomic E-state index is 0.0844. The van der Waals surface area contributed by atoms with E-state index >= 15 is 0 Å². The van der Waals surface area contributed by atoms with E-state index in [1.54, 1.807) is 19.1 Å². The summed E-state index contributed by atoms with van der Waals surface area (Å²) in [5, 5.41) is 37.1. The Hall–Kier alpha value is -2.95. The molecular weight excluding hydrogens is 516 g/mol. The molecule has 1 aromatic rings. The number of aromatic hydroxyl groups is 1. The number of aliphatic hydroxyl groups excluding tert-OH is 1. The summed E-state index contributed by atoms with van der Waals surface area (Å²) in [7, 11) is 3.04. The molecule has 10 heteroatoms. The highest BCUT2D eigenvalue weighted by molar-refractivity contribution is 6.32. The molecule has 0 bridgehead atoms. The van der Waals surface area contributed by atoms with Crippen LogP contribution in [0.5, 0.6) is 5.75 Å². The van der Waals surface area contributed by atoms with Gasteiger partial charge in [0.25, 0.3) is 0 Å². The van der Waals surface area contributed by atoms with Crippen LogP contribution in [-0.2, 0) is 19.2 Å². The van der Waals surface area contributed by atoms with Gasteiger partial charge in [0.1, 0.15) is 5.75 Å². The number of Topliss-reactive ketones (excluding diaryl/α,β-unsaturated/α-hetero) is 4. The monoisotopic (exact) mass is 554 g/mol. The van der Waals surface area contributed by atoms with E-state index in [4.69, 9.17) is 0 Å². The average Bonchev–Trinajstić information content (AvgIpc) is 2.91. The summed E-state index contributed by atoms with van der Waals surface area (Å²) >= 11 is 0. The van der Waals surface area contributed by atoms with Crippen LogP contribution in [0.3, 0.4) is 0 Å². The number of hydrogen-bond donors (Lipinski definition) is 4. The zero-order valence-electron chi connectivity index (χ0n) is 23.3. The number of aliphatic hydroxyl groups is 2. The fraction of sp³-hybridized carbons (Fsp3) is 0.633. The topological polar surface area (TPSA) is 161 Å². The summed E-state index contributed by atoms with van der Waals surface area (Å²) in [4.78, 5) is 70.8. The Morgan fingerprint density at radius 1 is 1.07 bits per heavy atom. The first-order valence-corrected chi connectivity index (χ1v) is 14.2. The molecule has 0 radical (unpaired) electrons. The van der Waals surface area contributed by atoms with Crippen molar-refractivity contribution in [3.8, 4) is 5.75 Å². The van der Waals surface area contributed by atoms with Crippen molar-refractivity contribution in [2.45, 2.75) is 81.6 Å². The van der Waals surface area contributed by atoms with E-state index in [1.807, 2.05) is 6.92 Å². The Kier molecular flexibility index (Phi) is 7.04. The van der Waals surface area contributed by atoms with Gasteiger partial charge in [-0.3, -0.25) is 28.9 Å². The molecule has 0 heterocycles. The molecule has 40 heavy (non-hydrogen) atoms. The number of carbonyl (C=O) groups is 5. The predicted molar refractivity (Wildman–Crippen MR) is 143 cm³/mol. The number of phenols is 1. The smallest absolute Gasteiger partial charge is 0.238 e. The number of benzene rings is 1. The SMILES string of the molecule is CCC1(NC(=O)C2C(=O)[C@@H](N(C)C)[C@@H]3[C@@H](O)[C@H]4C(C(=O)c5c(O)cccc5[C@@H]4C)C(=O)[C@]3(O)C2=O)CCCCC1. The van der Waals surface area contributed by atoms with Crippen LogP contribution in [-0.4, -0.2) is 86.6 Å². The Morgan fingerprint density at radius 2 is 1.73 bits per heavy atom. The van der Waals surface area contributed by atoms with Crippen LogP contribution in [0.25, 0.3) is 0 Å². The van der Waals surface area contributed by atoms with Gasteiger partial charge >= 0.3 is 0 Å². The van der Waals surface area contributed by atoms with Crippen LogP contribution in [0, 0.1) is 23.7 Å². The van der Waals surface area contributed by atoms with Crippen LogP contribution in [0.1, 0.15) is 74.2 Å². The van der Waals surface area contributed by atoms with Crippen molar-refractivity contribution in [2.75, 3.05) is 14.1 Å². The van der Waals surface area contributed by atoms with Gasteiger partial charge in [0.2, 0.25) is 5.91 Å². The molecule has 10 nitrogen and oxygen atoms in total. The van der Waals surface area contributed by atoms with Gasteiger partial charge in [-0.05, 0) is 50.9 Å². The van der Waals surface area contributed by atoms with Gasteiger partial charge < -0.3 is 20.6 Å². The number of fused-ring (bicyclic) bond motifs is 3. The largest absolute Gasteiger partial charge is 0.507 e. The molecule has 1 amide bonds. The number of nitrogens with one attached hydrogen (secondary N) is 1. The van der Waals surface area contributed by atoms with Gasteiger partial charge in [0.05, 0.1) is 29.5 Å². The second kappa shape index (κ2) is 9.85. The molecule has 5 rings (SSSR count). The highest BCUT2D eigenvalue weighted by Crippen LogP contribution is 2.54. The first-order chi connectivity index (χ1) is 18.8. The van der Waals surface area contributed by atoms with Crippen molar-refractivity contribution in [2.24, 2.45) is 23.7 Å². The fourth-order valence-corrected chi connectivity index (χ4v) is 8.06. The molecule has 3 fully saturated rings. The van der Waals surface area contributed by atoms with Crippen molar-refractivity contribution in [3.63, 3.8) is 0 Å². The normalized spacial score (nSPS) is 37.0. The predicted octanol–water partition coefficient (Wildman–Crippen LogP) is 1.14. The van der Waals surface area contributed by atoms with Crippen LogP contribution < -0.4 is 5.32 Å². The number of rotatable bonds is 4. The Bertz CT molecular complexity index is 1280. The zero-order valence-corrected chi connectivity index (χ0v) is 23.3. The van der Waals surface area contributed by atoms with Gasteiger partial charge in [-0.25, -0.2) is 0 Å². The highest BCUT2D eigenvalue weighted by Gasteiger charge is 2.73. The molecule has 3 saturated carbocycles. The lowest BCUT2D eigenvalue weighted by Gasteiger charge is -2.56. The molecule has 0 spiro atoms. The third-order valence-corrected chi connectivity index (χ3v) is 10.2. The maximum atomic E-state index is 14.2. The van der Waals surface area contributed by atoms with Gasteiger partial charge in [0.15, 0.2) is 34.7 Å². The molecule has 0 aliphatic heterocycles. The standard InChI is InChI=1S/C30H38N2O8/c1-5-29(12-7-6-8-13-29)31-28(39)20-25(36)22(32(3)4)21-24(35)17-14(2)15-10-9-11-16(33)18(15)23(34)19(17)26(37)30(21,40)27(20)38/h9-11,14,17,19-22,24,33,35,40H,5-8,12-13H2,1-4H3,(H,31,39)/t14-,17+,19?,20?,21+,22-,24-,30-/m0/s1. The van der Waals surface area contributed by atoms with Crippen molar-refractivity contribution in [1.29, 1.82) is 0 Å². The van der Waals surface area contributed by atoms with Crippen LogP contribution in [0.2, 0.25) is 0 Å². The lowest BCUT2D eigenvalue weighted by molar-refractivity contribution is -0.197. The van der Waals surface area contributed by atoms with E-state index in [9.17, 15) is 39.3 Å². The number of phenolic OH excluding ortho intramolecular Hbond substituents is 1. The summed E-state index contributed by atoms with van der Waals surface area (Å²) < 4.78 is 0. The summed E-state index contributed by atoms with van der Waals surface area (Å²) in [5.74, 6) is -12.1. The third-order valence-electron chi connectivity index (χ3n) is 10.2. The number of likely N-dealkylation sites (N-methyl/N-ethyl adjacent to an activating group) is 1. The van der Waals surface area contributed by atoms with Crippen LogP contribution >= 0.6 is 0 Å². The highest BCUT2D eigenvalue weighted by atomic mass is 16.3. The Labute approximate surface area is 233 Å². The second-order valence-corrected chi connectivity index (χ2v) is 12.4. The molecule has 1 aromatic carbocycles. The van der Waals surface area contributed by atoms with E-state index in [1.165, 1.54) is 25.1 Å². The molecular formula is C30H38N2O8. The van der Waals surface area contributed by atoms with E-state index in [2.05, 4.69) is 5.32 Å². The molecule has 8 atom stereocenters. The Morgan fingerprint density at radius 3 is 2.33 bits per heavy atom. The summed E-state index contributed by atoms with van der Waals surface area (Å²) in [6, 6.07) is 3.16. The third kappa shape index (κ3) is 3.83. The molecule has 0 saturated heterocycles. The van der Waals surface area contributed by atoms with E-state index in [-0.39, 0.29) is 11.3 Å². The summed E-state index contributed by atoms with van der Waals surface area (Å²) in [6.07, 6.45) is 3.14. The minimum Gasteiger partial charge on any atom is -0.507 e. The zero-order chi connectivity index (χ0) is 29.3. The number of amides is 1. The van der Waals surface area contributed by atoms with E-state index in [0.717, 1.165) is 19.3 Å². The lowest BCUT2D eigenvalue weighted by atomic mass is 9.49. The number of hydrogen-bond acceptors (Lipinski definition) is 9. The molecule has 4 N–H and O–H groups in total. The number of ketones is 4. The average molecular weight is 555 g/mol. The van der Waals surface area contributed by atoms with Gasteiger partial charge in [-0.2, -0.15) is 0 Å². The molecule has 2 unspecified atom stereocenters. The maximum Gasteiger partial charge on any atom is 0.238 e. The lowest BCUT2D eigenvalue weighted by Crippen LogP contribution is -2.78. The number of nitrogens with zero attached hydrogens (tertiary/aromatic N) is 1. The van der Waals surface area contributed by atoms with E-state index < -0.39 is 81.9 Å². The molecule has 4 aliphatic rings. The fourth-order valence-electron chi connectivity index (χ4n) is 8.06. The van der Waals surface area contributed by atoms with Gasteiger partial charge in [-0.1, -0.05) is 45.2 Å². The van der Waals surface area contributed by atoms with Crippen molar-refractivity contribution < 1.29 is 39.3 Å². The quantitative estimate of drug-likeness (QED) is 0.400. The first-order valence-electron chi connectivity index (χ1n) is 14.2. The van der Waals surface area contributed by atoms with Crippen molar-refractivity contribution in [1.82, 2.24) is 10.2 Å². The van der Waals surface area contributed by atoms with Gasteiger partial charge in [0, 0.05) is 11.5 Å². The van der Waals surface area contributed by atoms with E-state index in [0.29, 0.717) is 24.8 Å². The number of carbonyl (C=O) groups excluding carboxylic acids is 5. The summed E-state index contributed by atoms with van der Waals surface area (Å²) in [5.41, 5.74) is -3.19. The molecule has 0 aromatic heterocycles. The van der Waals surface area contributed by atoms with Crippen LogP contribution in [0.4, 0.5) is 0 Å². The van der Waals surface area contributed by atoms with Crippen molar-refractivity contribution in [3.05, 3.63) is 29.3 Å².